The predicted octanol–water partition coefficient (Wildman–Crippen LogP) is 0.573. The van der Waals surface area contributed by atoms with Crippen LogP contribution in [0, 0.1) is 0 Å². The van der Waals surface area contributed by atoms with E-state index in [9.17, 15) is 14.4 Å². The number of thioether (sulfide) groups is 1. The van der Waals surface area contributed by atoms with Crippen LogP contribution in [0.2, 0.25) is 0 Å². The van der Waals surface area contributed by atoms with Crippen molar-refractivity contribution in [3.05, 3.63) is 51.4 Å². The van der Waals surface area contributed by atoms with Gasteiger partial charge in [0.25, 0.3) is 5.56 Å². The van der Waals surface area contributed by atoms with Crippen LogP contribution in [0.25, 0.3) is 11.2 Å². The Labute approximate surface area is 152 Å². The van der Waals surface area contributed by atoms with Crippen LogP contribution in [0.4, 0.5) is 5.69 Å². The molecule has 3 aromatic rings. The maximum Gasteiger partial charge on any atom is 0.332 e. The van der Waals surface area contributed by atoms with Crippen LogP contribution < -0.4 is 16.1 Å². The molecule has 1 aromatic carbocycles. The number of aromatic nitrogens is 4. The zero-order valence-corrected chi connectivity index (χ0v) is 15.2. The average molecular weight is 371 g/mol. The molecule has 9 heteroatoms. The van der Waals surface area contributed by atoms with Crippen LogP contribution in [0.3, 0.4) is 0 Å². The number of hydrogen-bond donors (Lipinski definition) is 0. The van der Waals surface area contributed by atoms with Crippen molar-refractivity contribution in [1.29, 1.82) is 0 Å². The number of aryl methyl sites for hydroxylation is 1. The van der Waals surface area contributed by atoms with Gasteiger partial charge < -0.3 is 9.47 Å². The number of nitrogens with zero attached hydrogens (tertiary/aromatic N) is 5. The van der Waals surface area contributed by atoms with Gasteiger partial charge in [-0.1, -0.05) is 12.1 Å². The summed E-state index contributed by atoms with van der Waals surface area (Å²) in [5.41, 5.74) is 0.519. The summed E-state index contributed by atoms with van der Waals surface area (Å²) in [6, 6.07) is 7.78. The molecule has 1 aliphatic heterocycles. The van der Waals surface area contributed by atoms with Gasteiger partial charge in [-0.2, -0.15) is 0 Å². The van der Waals surface area contributed by atoms with Crippen molar-refractivity contribution in [2.24, 2.45) is 14.1 Å². The molecule has 3 heterocycles. The summed E-state index contributed by atoms with van der Waals surface area (Å²) in [5.74, 6) is 0.705. The molecule has 26 heavy (non-hydrogen) atoms. The van der Waals surface area contributed by atoms with Crippen molar-refractivity contribution in [3.63, 3.8) is 0 Å². The van der Waals surface area contributed by atoms with Crippen LogP contribution in [0.1, 0.15) is 0 Å². The minimum absolute atomic E-state index is 0.0110. The van der Waals surface area contributed by atoms with Crippen molar-refractivity contribution >= 4 is 34.5 Å². The van der Waals surface area contributed by atoms with Gasteiger partial charge in [-0.05, 0) is 12.1 Å². The van der Waals surface area contributed by atoms with Gasteiger partial charge in [0.05, 0.1) is 12.0 Å². The highest BCUT2D eigenvalue weighted by Crippen LogP contribution is 2.34. The Morgan fingerprint density at radius 2 is 1.96 bits per heavy atom. The van der Waals surface area contributed by atoms with E-state index in [1.807, 2.05) is 24.3 Å². The largest absolute Gasteiger partial charge is 0.332 e. The molecule has 8 nitrogen and oxygen atoms in total. The first-order valence-corrected chi connectivity index (χ1v) is 9.10. The first kappa shape index (κ1) is 16.6. The molecule has 0 aliphatic carbocycles. The Morgan fingerprint density at radius 3 is 2.77 bits per heavy atom. The second kappa shape index (κ2) is 6.17. The topological polar surface area (TPSA) is 82.1 Å². The molecule has 4 rings (SSSR count). The van der Waals surface area contributed by atoms with Gasteiger partial charge in [-0.15, -0.1) is 11.8 Å². The number of hydrogen-bond acceptors (Lipinski definition) is 5. The summed E-state index contributed by atoms with van der Waals surface area (Å²) >= 11 is 1.72. The van der Waals surface area contributed by atoms with Crippen LogP contribution >= 0.6 is 11.8 Å². The number of anilines is 1. The Bertz CT molecular complexity index is 1140. The monoisotopic (exact) mass is 371 g/mol. The van der Waals surface area contributed by atoms with E-state index in [0.717, 1.165) is 20.9 Å². The SMILES string of the molecule is Cn1c(=O)c2c(ncn2CC(=O)N2CCSc3ccccc32)n(C)c1=O. The van der Waals surface area contributed by atoms with E-state index < -0.39 is 11.2 Å². The first-order valence-electron chi connectivity index (χ1n) is 8.12. The number of imidazole rings is 1. The third kappa shape index (κ3) is 2.47. The van der Waals surface area contributed by atoms with Gasteiger partial charge in [0.2, 0.25) is 5.91 Å². The lowest BCUT2D eigenvalue weighted by atomic mass is 10.2. The average Bonchev–Trinajstić information content (AvgIpc) is 3.07. The number of carbonyl (C=O) groups is 1. The van der Waals surface area contributed by atoms with Gasteiger partial charge in [-0.3, -0.25) is 18.7 Å². The molecule has 1 amide bonds. The summed E-state index contributed by atoms with van der Waals surface area (Å²) in [6.07, 6.45) is 1.44. The maximum atomic E-state index is 12.9. The van der Waals surface area contributed by atoms with Crippen LogP contribution in [0.15, 0.2) is 45.1 Å². The molecule has 0 saturated heterocycles. The predicted molar refractivity (Wildman–Crippen MR) is 99.7 cm³/mol. The van der Waals surface area contributed by atoms with E-state index in [1.54, 1.807) is 23.7 Å². The van der Waals surface area contributed by atoms with E-state index in [0.29, 0.717) is 6.54 Å². The Hall–Kier alpha value is -2.81. The summed E-state index contributed by atoms with van der Waals surface area (Å²) < 4.78 is 3.85. The normalized spacial score (nSPS) is 13.8. The molecule has 0 saturated carbocycles. The zero-order valence-electron chi connectivity index (χ0n) is 14.4. The summed E-state index contributed by atoms with van der Waals surface area (Å²) in [5, 5.41) is 0. The van der Waals surface area contributed by atoms with Crippen molar-refractivity contribution in [1.82, 2.24) is 18.7 Å². The summed E-state index contributed by atoms with van der Waals surface area (Å²) in [7, 11) is 2.97. The van der Waals surface area contributed by atoms with Crippen molar-refractivity contribution in [2.45, 2.75) is 11.4 Å². The zero-order chi connectivity index (χ0) is 18.4. The molecule has 1 aliphatic rings. The number of amides is 1. The Kier molecular flexibility index (Phi) is 3.95. The molecule has 0 radical (unpaired) electrons. The number of fused-ring (bicyclic) bond motifs is 2. The second-order valence-electron chi connectivity index (χ2n) is 6.11. The minimum Gasteiger partial charge on any atom is -0.315 e. The third-order valence-electron chi connectivity index (χ3n) is 4.55. The highest BCUT2D eigenvalue weighted by Gasteiger charge is 2.24. The van der Waals surface area contributed by atoms with Gasteiger partial charge in [0.15, 0.2) is 11.2 Å². The number of rotatable bonds is 2. The first-order chi connectivity index (χ1) is 12.5. The van der Waals surface area contributed by atoms with Gasteiger partial charge in [-0.25, -0.2) is 9.78 Å². The minimum atomic E-state index is -0.456. The van der Waals surface area contributed by atoms with E-state index in [1.165, 1.54) is 22.5 Å². The summed E-state index contributed by atoms with van der Waals surface area (Å²) in [6.45, 7) is 0.604. The van der Waals surface area contributed by atoms with E-state index >= 15 is 0 Å². The fourth-order valence-electron chi connectivity index (χ4n) is 3.18. The lowest BCUT2D eigenvalue weighted by Gasteiger charge is -2.29. The van der Waals surface area contributed by atoms with Crippen molar-refractivity contribution in [3.8, 4) is 0 Å². The smallest absolute Gasteiger partial charge is 0.315 e. The summed E-state index contributed by atoms with van der Waals surface area (Å²) in [4.78, 5) is 44.4. The fraction of sp³-hybridized carbons (Fsp3) is 0.294. The second-order valence-corrected chi connectivity index (χ2v) is 7.25. The van der Waals surface area contributed by atoms with E-state index in [-0.39, 0.29) is 23.6 Å². The van der Waals surface area contributed by atoms with Crippen LogP contribution in [0.5, 0.6) is 0 Å². The number of para-hydroxylation sites is 1. The van der Waals surface area contributed by atoms with Gasteiger partial charge in [0.1, 0.15) is 6.54 Å². The molecule has 2 aromatic heterocycles. The van der Waals surface area contributed by atoms with E-state index in [2.05, 4.69) is 4.98 Å². The van der Waals surface area contributed by atoms with Crippen molar-refractivity contribution in [2.75, 3.05) is 17.2 Å². The highest BCUT2D eigenvalue weighted by atomic mass is 32.2. The number of benzene rings is 1. The molecule has 0 fully saturated rings. The van der Waals surface area contributed by atoms with Gasteiger partial charge in [0, 0.05) is 31.3 Å². The maximum absolute atomic E-state index is 12.9. The quantitative estimate of drug-likeness (QED) is 0.658. The standard InChI is InChI=1S/C17H17N5O3S/c1-19-15-14(16(24)20(2)17(19)25)21(10-18-15)9-13(23)22-7-8-26-12-6-4-3-5-11(12)22/h3-6,10H,7-9H2,1-2H3. The molecular weight excluding hydrogens is 354 g/mol. The molecule has 0 N–H and O–H groups in total. The van der Waals surface area contributed by atoms with Crippen molar-refractivity contribution < 1.29 is 4.79 Å². The molecule has 134 valence electrons. The Balaban J connectivity index is 1.74. The molecular formula is C17H17N5O3S. The highest BCUT2D eigenvalue weighted by molar-refractivity contribution is 7.99. The van der Waals surface area contributed by atoms with E-state index in [4.69, 9.17) is 0 Å². The lowest BCUT2D eigenvalue weighted by molar-refractivity contribution is -0.119. The number of carbonyl (C=O) groups excluding carboxylic acids is 1. The van der Waals surface area contributed by atoms with Gasteiger partial charge >= 0.3 is 5.69 Å². The third-order valence-corrected chi connectivity index (χ3v) is 5.60. The Morgan fingerprint density at radius 1 is 1.19 bits per heavy atom. The molecule has 0 spiro atoms. The molecule has 0 bridgehead atoms. The van der Waals surface area contributed by atoms with Crippen LogP contribution in [-0.4, -0.2) is 36.9 Å². The van der Waals surface area contributed by atoms with Crippen LogP contribution in [-0.2, 0) is 25.4 Å². The lowest BCUT2D eigenvalue weighted by Crippen LogP contribution is -2.39. The molecule has 0 unspecified atom stereocenters. The fourth-order valence-corrected chi connectivity index (χ4v) is 4.17. The molecule has 0 atom stereocenters.